The fourth-order valence-electron chi connectivity index (χ4n) is 1.72. The lowest BCUT2D eigenvalue weighted by Gasteiger charge is -2.23. The standard InChI is InChI=1S/C14H19F3N2O2.ClH/c1-9(10(2)18)13(20)19(3)8-11-4-6-12(7-5-11)21-14(15,16)17;/h4-7,9-10H,8,18H2,1-3H3;1H. The second kappa shape index (κ2) is 8.24. The summed E-state index contributed by atoms with van der Waals surface area (Å²) in [7, 11) is 1.63. The SMILES string of the molecule is CC(N)C(C)C(=O)N(C)Cc1ccc(OC(F)(F)F)cc1.Cl. The van der Waals surface area contributed by atoms with Gasteiger partial charge in [0.05, 0.1) is 5.92 Å². The molecule has 0 radical (unpaired) electrons. The van der Waals surface area contributed by atoms with Crippen molar-refractivity contribution in [1.82, 2.24) is 4.90 Å². The predicted octanol–water partition coefficient (Wildman–Crippen LogP) is 2.95. The topological polar surface area (TPSA) is 55.6 Å². The molecule has 0 aliphatic heterocycles. The number of amides is 1. The lowest BCUT2D eigenvalue weighted by molar-refractivity contribution is -0.274. The van der Waals surface area contributed by atoms with E-state index in [1.165, 1.54) is 29.2 Å². The summed E-state index contributed by atoms with van der Waals surface area (Å²) in [4.78, 5) is 13.5. The number of nitrogens with two attached hydrogens (primary N) is 1. The minimum atomic E-state index is -4.71. The van der Waals surface area contributed by atoms with Gasteiger partial charge in [-0.25, -0.2) is 0 Å². The number of halogens is 4. The number of carbonyl (C=O) groups excluding carboxylic acids is 1. The van der Waals surface area contributed by atoms with Crippen LogP contribution in [-0.4, -0.2) is 30.3 Å². The molecular formula is C14H20ClF3N2O2. The Hall–Kier alpha value is -1.47. The fourth-order valence-corrected chi connectivity index (χ4v) is 1.72. The molecule has 0 fully saturated rings. The van der Waals surface area contributed by atoms with Gasteiger partial charge in [-0.3, -0.25) is 4.79 Å². The third kappa shape index (κ3) is 6.53. The van der Waals surface area contributed by atoms with Crippen molar-refractivity contribution in [3.05, 3.63) is 29.8 Å². The predicted molar refractivity (Wildman–Crippen MR) is 79.7 cm³/mol. The molecule has 0 aromatic heterocycles. The largest absolute Gasteiger partial charge is 0.573 e. The number of alkyl halides is 3. The highest BCUT2D eigenvalue weighted by Crippen LogP contribution is 2.23. The molecule has 8 heteroatoms. The van der Waals surface area contributed by atoms with Gasteiger partial charge in [-0.15, -0.1) is 25.6 Å². The molecule has 1 aromatic carbocycles. The van der Waals surface area contributed by atoms with Gasteiger partial charge in [0.15, 0.2) is 0 Å². The van der Waals surface area contributed by atoms with Crippen molar-refractivity contribution >= 4 is 18.3 Å². The third-order valence-electron chi connectivity index (χ3n) is 3.13. The average molecular weight is 341 g/mol. The molecule has 0 aliphatic rings. The van der Waals surface area contributed by atoms with E-state index in [2.05, 4.69) is 4.74 Å². The summed E-state index contributed by atoms with van der Waals surface area (Å²) >= 11 is 0. The number of carbonyl (C=O) groups is 1. The Morgan fingerprint density at radius 1 is 1.27 bits per heavy atom. The molecule has 1 rings (SSSR count). The molecule has 1 aromatic rings. The van der Waals surface area contributed by atoms with Crippen LogP contribution in [0.3, 0.4) is 0 Å². The van der Waals surface area contributed by atoms with Crippen LogP contribution in [0, 0.1) is 5.92 Å². The van der Waals surface area contributed by atoms with Gasteiger partial charge >= 0.3 is 6.36 Å². The number of nitrogens with zero attached hydrogens (tertiary/aromatic N) is 1. The first-order valence-corrected chi connectivity index (χ1v) is 6.45. The van der Waals surface area contributed by atoms with Crippen LogP contribution < -0.4 is 10.5 Å². The van der Waals surface area contributed by atoms with Crippen molar-refractivity contribution in [2.24, 2.45) is 11.7 Å². The number of ether oxygens (including phenoxy) is 1. The monoisotopic (exact) mass is 340 g/mol. The van der Waals surface area contributed by atoms with E-state index in [1.807, 2.05) is 0 Å². The van der Waals surface area contributed by atoms with Crippen LogP contribution in [0.15, 0.2) is 24.3 Å². The molecule has 0 saturated carbocycles. The maximum absolute atomic E-state index is 12.0. The van der Waals surface area contributed by atoms with Gasteiger partial charge in [-0.2, -0.15) is 0 Å². The molecule has 2 N–H and O–H groups in total. The van der Waals surface area contributed by atoms with Crippen LogP contribution in [-0.2, 0) is 11.3 Å². The highest BCUT2D eigenvalue weighted by Gasteiger charge is 2.31. The van der Waals surface area contributed by atoms with Crippen molar-refractivity contribution in [3.8, 4) is 5.75 Å². The molecule has 1 amide bonds. The van der Waals surface area contributed by atoms with Crippen LogP contribution in [0.1, 0.15) is 19.4 Å². The Morgan fingerprint density at radius 3 is 2.18 bits per heavy atom. The number of hydrogen-bond donors (Lipinski definition) is 1. The fraction of sp³-hybridized carbons (Fsp3) is 0.500. The van der Waals surface area contributed by atoms with Crippen molar-refractivity contribution in [2.75, 3.05) is 7.05 Å². The third-order valence-corrected chi connectivity index (χ3v) is 3.13. The van der Waals surface area contributed by atoms with Gasteiger partial charge in [0.25, 0.3) is 0 Å². The number of benzene rings is 1. The van der Waals surface area contributed by atoms with Crippen LogP contribution >= 0.6 is 12.4 Å². The van der Waals surface area contributed by atoms with E-state index in [0.29, 0.717) is 12.1 Å². The molecule has 0 saturated heterocycles. The second-order valence-electron chi connectivity index (χ2n) is 5.03. The molecule has 0 aliphatic carbocycles. The zero-order chi connectivity index (χ0) is 16.2. The highest BCUT2D eigenvalue weighted by molar-refractivity contribution is 5.85. The summed E-state index contributed by atoms with van der Waals surface area (Å²) in [6.07, 6.45) is -4.71. The van der Waals surface area contributed by atoms with Gasteiger partial charge in [0, 0.05) is 19.6 Å². The Balaban J connectivity index is 0.00000441. The summed E-state index contributed by atoms with van der Waals surface area (Å²) < 4.78 is 39.9. The van der Waals surface area contributed by atoms with Crippen LogP contribution in [0.4, 0.5) is 13.2 Å². The Bertz CT molecular complexity index is 478. The van der Waals surface area contributed by atoms with E-state index in [0.717, 1.165) is 0 Å². The van der Waals surface area contributed by atoms with E-state index >= 15 is 0 Å². The molecule has 4 nitrogen and oxygen atoms in total. The lowest BCUT2D eigenvalue weighted by atomic mass is 10.0. The maximum atomic E-state index is 12.0. The summed E-state index contributed by atoms with van der Waals surface area (Å²) in [5.74, 6) is -0.715. The summed E-state index contributed by atoms with van der Waals surface area (Å²) in [6.45, 7) is 3.78. The van der Waals surface area contributed by atoms with E-state index in [1.54, 1.807) is 20.9 Å². The Labute approximate surface area is 133 Å². The first-order chi connectivity index (χ1) is 9.60. The van der Waals surface area contributed by atoms with Gasteiger partial charge in [0.2, 0.25) is 5.91 Å². The first kappa shape index (κ1) is 20.5. The molecule has 126 valence electrons. The van der Waals surface area contributed by atoms with Crippen molar-refractivity contribution in [1.29, 1.82) is 0 Å². The Morgan fingerprint density at radius 2 is 1.77 bits per heavy atom. The van der Waals surface area contributed by atoms with Crippen LogP contribution in [0.25, 0.3) is 0 Å². The Kier molecular flexibility index (Phi) is 7.69. The van der Waals surface area contributed by atoms with Gasteiger partial charge in [0.1, 0.15) is 5.75 Å². The average Bonchev–Trinajstić information content (AvgIpc) is 2.37. The van der Waals surface area contributed by atoms with E-state index < -0.39 is 6.36 Å². The van der Waals surface area contributed by atoms with Crippen molar-refractivity contribution < 1.29 is 22.7 Å². The van der Waals surface area contributed by atoms with Crippen LogP contribution in [0.2, 0.25) is 0 Å². The summed E-state index contributed by atoms with van der Waals surface area (Å²) in [5.41, 5.74) is 6.38. The quantitative estimate of drug-likeness (QED) is 0.896. The lowest BCUT2D eigenvalue weighted by Crippen LogP contribution is -2.39. The molecule has 22 heavy (non-hydrogen) atoms. The first-order valence-electron chi connectivity index (χ1n) is 6.45. The van der Waals surface area contributed by atoms with Gasteiger partial charge in [-0.05, 0) is 24.6 Å². The zero-order valence-corrected chi connectivity index (χ0v) is 13.4. The number of rotatable bonds is 5. The minimum absolute atomic E-state index is 0. The molecule has 2 atom stereocenters. The van der Waals surface area contributed by atoms with E-state index in [-0.39, 0.29) is 36.0 Å². The maximum Gasteiger partial charge on any atom is 0.573 e. The molecule has 0 spiro atoms. The highest BCUT2D eigenvalue weighted by atomic mass is 35.5. The van der Waals surface area contributed by atoms with E-state index in [9.17, 15) is 18.0 Å². The van der Waals surface area contributed by atoms with Crippen molar-refractivity contribution in [2.45, 2.75) is 32.8 Å². The second-order valence-corrected chi connectivity index (χ2v) is 5.03. The normalized spacial score (nSPS) is 13.8. The van der Waals surface area contributed by atoms with Crippen LogP contribution in [0.5, 0.6) is 5.75 Å². The number of hydrogen-bond acceptors (Lipinski definition) is 3. The van der Waals surface area contributed by atoms with E-state index in [4.69, 9.17) is 5.73 Å². The summed E-state index contributed by atoms with van der Waals surface area (Å²) in [5, 5.41) is 0. The molecular weight excluding hydrogens is 321 g/mol. The molecule has 0 heterocycles. The zero-order valence-electron chi connectivity index (χ0n) is 12.6. The summed E-state index contributed by atoms with van der Waals surface area (Å²) in [6, 6.07) is 5.15. The van der Waals surface area contributed by atoms with Crippen molar-refractivity contribution in [3.63, 3.8) is 0 Å². The molecule has 2 unspecified atom stereocenters. The van der Waals surface area contributed by atoms with Gasteiger partial charge in [-0.1, -0.05) is 19.1 Å². The smallest absolute Gasteiger partial charge is 0.406 e. The minimum Gasteiger partial charge on any atom is -0.406 e. The molecule has 0 bridgehead atoms. The van der Waals surface area contributed by atoms with Gasteiger partial charge < -0.3 is 15.4 Å².